The summed E-state index contributed by atoms with van der Waals surface area (Å²) in [6, 6.07) is 13.0. The van der Waals surface area contributed by atoms with E-state index >= 15 is 0 Å². The molecule has 3 aromatic rings. The minimum absolute atomic E-state index is 0.122. The summed E-state index contributed by atoms with van der Waals surface area (Å²) in [5, 5.41) is 3.50. The Morgan fingerprint density at radius 1 is 1.17 bits per heavy atom. The number of pyridine rings is 1. The molecule has 6 nitrogen and oxygen atoms in total. The first-order valence-electron chi connectivity index (χ1n) is 7.28. The number of hydrogen-bond acceptors (Lipinski definition) is 5. The summed E-state index contributed by atoms with van der Waals surface area (Å²) in [6.07, 6.45) is 5.21. The van der Waals surface area contributed by atoms with Crippen molar-refractivity contribution < 1.29 is 9.53 Å². The quantitative estimate of drug-likeness (QED) is 0.699. The molecule has 0 unspecified atom stereocenters. The van der Waals surface area contributed by atoms with E-state index in [9.17, 15) is 4.79 Å². The van der Waals surface area contributed by atoms with Crippen LogP contribution < -0.4 is 10.1 Å². The van der Waals surface area contributed by atoms with Gasteiger partial charge in [-0.1, -0.05) is 17.8 Å². The molecule has 0 radical (unpaired) electrons. The first-order chi connectivity index (χ1) is 11.8. The van der Waals surface area contributed by atoms with Crippen LogP contribution in [0.2, 0.25) is 0 Å². The molecule has 1 amide bonds. The lowest BCUT2D eigenvalue weighted by atomic mass is 10.3. The van der Waals surface area contributed by atoms with Crippen LogP contribution in [0.5, 0.6) is 5.75 Å². The van der Waals surface area contributed by atoms with Crippen LogP contribution in [0.4, 0.5) is 5.82 Å². The van der Waals surface area contributed by atoms with E-state index in [4.69, 9.17) is 4.74 Å². The zero-order chi connectivity index (χ0) is 16.8. The lowest BCUT2D eigenvalue weighted by molar-refractivity contribution is -0.113. The maximum atomic E-state index is 12.0. The molecule has 0 aliphatic heterocycles. The average molecular weight is 340 g/mol. The standard InChI is InChI=1S/C17H16N4O2S/c1-23-14-7-5-13(6-8-14)21-11-10-19-17(21)24-12-16(22)20-15-4-2-3-9-18-15/h2-11H,12H2,1H3,(H,18,20,22). The molecule has 24 heavy (non-hydrogen) atoms. The van der Waals surface area contributed by atoms with Gasteiger partial charge in [-0.3, -0.25) is 9.36 Å². The molecule has 0 saturated heterocycles. The molecule has 3 rings (SSSR count). The lowest BCUT2D eigenvalue weighted by Gasteiger charge is -2.08. The molecule has 1 N–H and O–H groups in total. The van der Waals surface area contributed by atoms with Crippen molar-refractivity contribution in [3.8, 4) is 11.4 Å². The van der Waals surface area contributed by atoms with Gasteiger partial charge >= 0.3 is 0 Å². The van der Waals surface area contributed by atoms with Gasteiger partial charge in [0.05, 0.1) is 12.9 Å². The second kappa shape index (κ2) is 7.65. The molecule has 0 spiro atoms. The van der Waals surface area contributed by atoms with Crippen molar-refractivity contribution in [1.29, 1.82) is 0 Å². The van der Waals surface area contributed by atoms with Gasteiger partial charge in [0, 0.05) is 24.3 Å². The summed E-state index contributed by atoms with van der Waals surface area (Å²) in [5.41, 5.74) is 0.959. The molecular formula is C17H16N4O2S. The van der Waals surface area contributed by atoms with E-state index in [1.54, 1.807) is 31.6 Å². The van der Waals surface area contributed by atoms with Gasteiger partial charge in [0.25, 0.3) is 0 Å². The van der Waals surface area contributed by atoms with Crippen molar-refractivity contribution in [2.45, 2.75) is 5.16 Å². The smallest absolute Gasteiger partial charge is 0.236 e. The number of hydrogen-bond donors (Lipinski definition) is 1. The Kier molecular flexibility index (Phi) is 5.12. The molecule has 2 aromatic heterocycles. The maximum Gasteiger partial charge on any atom is 0.236 e. The minimum Gasteiger partial charge on any atom is -0.497 e. The normalized spacial score (nSPS) is 10.4. The van der Waals surface area contributed by atoms with Crippen molar-refractivity contribution in [1.82, 2.24) is 14.5 Å². The molecule has 0 aliphatic rings. The number of benzene rings is 1. The average Bonchev–Trinajstić information content (AvgIpc) is 3.09. The van der Waals surface area contributed by atoms with E-state index in [2.05, 4.69) is 15.3 Å². The van der Waals surface area contributed by atoms with E-state index in [1.165, 1.54) is 11.8 Å². The van der Waals surface area contributed by atoms with Gasteiger partial charge < -0.3 is 10.1 Å². The number of amides is 1. The molecular weight excluding hydrogens is 324 g/mol. The first-order valence-corrected chi connectivity index (χ1v) is 8.26. The van der Waals surface area contributed by atoms with Crippen LogP contribution in [0.15, 0.2) is 66.2 Å². The highest BCUT2D eigenvalue weighted by molar-refractivity contribution is 7.99. The Morgan fingerprint density at radius 2 is 2.00 bits per heavy atom. The topological polar surface area (TPSA) is 69.0 Å². The number of carbonyl (C=O) groups is 1. The zero-order valence-electron chi connectivity index (χ0n) is 13.0. The van der Waals surface area contributed by atoms with Crippen LogP contribution in [0.1, 0.15) is 0 Å². The Balaban J connectivity index is 1.64. The number of methoxy groups -OCH3 is 1. The molecule has 0 fully saturated rings. The molecule has 0 saturated carbocycles. The summed E-state index contributed by atoms with van der Waals surface area (Å²) in [5.74, 6) is 1.47. The summed E-state index contributed by atoms with van der Waals surface area (Å²) in [6.45, 7) is 0. The van der Waals surface area contributed by atoms with E-state index in [-0.39, 0.29) is 11.7 Å². The van der Waals surface area contributed by atoms with E-state index in [0.717, 1.165) is 16.6 Å². The third-order valence-electron chi connectivity index (χ3n) is 3.22. The fraction of sp³-hybridized carbons (Fsp3) is 0.118. The Hall–Kier alpha value is -2.80. The number of aromatic nitrogens is 3. The predicted octanol–water partition coefficient (Wildman–Crippen LogP) is 3.01. The fourth-order valence-corrected chi connectivity index (χ4v) is 2.85. The van der Waals surface area contributed by atoms with Crippen LogP contribution in [-0.2, 0) is 4.79 Å². The van der Waals surface area contributed by atoms with Gasteiger partial charge in [-0.05, 0) is 36.4 Å². The molecule has 0 bridgehead atoms. The summed E-state index contributed by atoms with van der Waals surface area (Å²) < 4.78 is 7.09. The third kappa shape index (κ3) is 3.94. The van der Waals surface area contributed by atoms with Crippen LogP contribution in [0.25, 0.3) is 5.69 Å². The number of anilines is 1. The summed E-state index contributed by atoms with van der Waals surface area (Å²) in [7, 11) is 1.63. The molecule has 1 aromatic carbocycles. The van der Waals surface area contributed by atoms with Gasteiger partial charge in [-0.2, -0.15) is 0 Å². The number of rotatable bonds is 6. The Labute approximate surface area is 143 Å². The predicted molar refractivity (Wildman–Crippen MR) is 93.7 cm³/mol. The van der Waals surface area contributed by atoms with Crippen molar-refractivity contribution in [3.05, 3.63) is 61.1 Å². The zero-order valence-corrected chi connectivity index (χ0v) is 13.9. The van der Waals surface area contributed by atoms with Gasteiger partial charge in [-0.15, -0.1) is 0 Å². The summed E-state index contributed by atoms with van der Waals surface area (Å²) in [4.78, 5) is 20.4. The van der Waals surface area contributed by atoms with Gasteiger partial charge in [-0.25, -0.2) is 9.97 Å². The Morgan fingerprint density at radius 3 is 2.71 bits per heavy atom. The molecule has 0 aliphatic carbocycles. The minimum atomic E-state index is -0.122. The number of thioether (sulfide) groups is 1. The highest BCUT2D eigenvalue weighted by atomic mass is 32.2. The number of carbonyl (C=O) groups excluding carboxylic acids is 1. The highest BCUT2D eigenvalue weighted by Gasteiger charge is 2.09. The SMILES string of the molecule is COc1ccc(-n2ccnc2SCC(=O)Nc2ccccn2)cc1. The molecule has 2 heterocycles. The largest absolute Gasteiger partial charge is 0.497 e. The first kappa shape index (κ1) is 16.1. The molecule has 0 atom stereocenters. The van der Waals surface area contributed by atoms with E-state index in [0.29, 0.717) is 5.82 Å². The van der Waals surface area contributed by atoms with Crippen molar-refractivity contribution >= 4 is 23.5 Å². The number of imidazole rings is 1. The van der Waals surface area contributed by atoms with Gasteiger partial charge in [0.2, 0.25) is 5.91 Å². The van der Waals surface area contributed by atoms with Crippen LogP contribution in [0, 0.1) is 0 Å². The van der Waals surface area contributed by atoms with E-state index in [1.807, 2.05) is 41.1 Å². The van der Waals surface area contributed by atoms with Gasteiger partial charge in [0.15, 0.2) is 5.16 Å². The van der Waals surface area contributed by atoms with E-state index < -0.39 is 0 Å². The number of nitrogens with zero attached hydrogens (tertiary/aromatic N) is 3. The molecule has 7 heteroatoms. The monoisotopic (exact) mass is 340 g/mol. The number of ether oxygens (including phenoxy) is 1. The Bertz CT molecular complexity index is 803. The second-order valence-corrected chi connectivity index (χ2v) is 5.77. The summed E-state index contributed by atoms with van der Waals surface area (Å²) >= 11 is 1.37. The van der Waals surface area contributed by atoms with Crippen molar-refractivity contribution in [2.75, 3.05) is 18.2 Å². The van der Waals surface area contributed by atoms with Crippen LogP contribution in [0.3, 0.4) is 0 Å². The van der Waals surface area contributed by atoms with Gasteiger partial charge in [0.1, 0.15) is 11.6 Å². The van der Waals surface area contributed by atoms with Crippen LogP contribution in [-0.4, -0.2) is 33.3 Å². The highest BCUT2D eigenvalue weighted by Crippen LogP contribution is 2.22. The van der Waals surface area contributed by atoms with Crippen molar-refractivity contribution in [3.63, 3.8) is 0 Å². The maximum absolute atomic E-state index is 12.0. The fourth-order valence-electron chi connectivity index (χ4n) is 2.08. The lowest BCUT2D eigenvalue weighted by Crippen LogP contribution is -2.15. The number of nitrogens with one attached hydrogen (secondary N) is 1. The third-order valence-corrected chi connectivity index (χ3v) is 4.19. The van der Waals surface area contributed by atoms with Crippen LogP contribution >= 0.6 is 11.8 Å². The van der Waals surface area contributed by atoms with Crippen molar-refractivity contribution in [2.24, 2.45) is 0 Å². The second-order valence-electron chi connectivity index (χ2n) is 4.83. The molecule has 122 valence electrons.